The van der Waals surface area contributed by atoms with Crippen molar-refractivity contribution in [3.8, 4) is 67.5 Å². The van der Waals surface area contributed by atoms with Gasteiger partial charge >= 0.3 is 0 Å². The Morgan fingerprint density at radius 3 is 1.06 bits per heavy atom. The van der Waals surface area contributed by atoms with Crippen molar-refractivity contribution in [3.05, 3.63) is 318 Å². The molecule has 0 saturated heterocycles. The van der Waals surface area contributed by atoms with E-state index in [0.717, 1.165) is 112 Å². The lowest BCUT2D eigenvalue weighted by Crippen LogP contribution is -2.37. The van der Waals surface area contributed by atoms with Gasteiger partial charge in [-0.25, -0.2) is 13.7 Å². The van der Waals surface area contributed by atoms with E-state index in [1.54, 1.807) is 11.8 Å². The van der Waals surface area contributed by atoms with E-state index in [1.165, 1.54) is 128 Å². The number of aromatic nitrogens is 6. The van der Waals surface area contributed by atoms with Gasteiger partial charge in [-0.3, -0.25) is 0 Å². The quantitative estimate of drug-likeness (QED) is 0.129. The van der Waals surface area contributed by atoms with E-state index in [1.807, 2.05) is 118 Å². The Hall–Kier alpha value is -9.78. The van der Waals surface area contributed by atoms with Gasteiger partial charge in [-0.1, -0.05) is 148 Å². The molecule has 6 aromatic carbocycles. The lowest BCUT2D eigenvalue weighted by molar-refractivity contribution is -0.667. The second-order valence-electron chi connectivity index (χ2n) is 31.8. The molecule has 6 aromatic heterocycles. The predicted octanol–water partition coefficient (Wildman–Crippen LogP) is 23.6. The van der Waals surface area contributed by atoms with Crippen LogP contribution >= 0.6 is 0 Å². The highest BCUT2D eigenvalue weighted by Gasteiger charge is 2.29. The fraction of sp³-hybridized carbons (Fsp3) is 0.371. The number of nitrogens with zero attached hydrogens (tertiary/aromatic N) is 6. The smallest absolute Gasteiger partial charge is 0.201 e. The number of aryl methyl sites for hydroxylation is 15. The third-order valence-electron chi connectivity index (χ3n) is 23.9. The van der Waals surface area contributed by atoms with Gasteiger partial charge in [0.05, 0.1) is 0 Å². The Kier molecular flexibility index (Phi) is 23.7. The van der Waals surface area contributed by atoms with Crippen molar-refractivity contribution in [2.45, 2.75) is 219 Å². The predicted molar refractivity (Wildman–Crippen MR) is 467 cm³/mol. The first kappa shape index (κ1) is 69.2. The lowest BCUT2D eigenvalue weighted by atomic mass is 9.92. The summed E-state index contributed by atoms with van der Waals surface area (Å²) < 4.78 is 100. The van der Waals surface area contributed by atoms with Crippen LogP contribution in [0.1, 0.15) is 227 Å². The molecule has 3 aliphatic rings. The monoisotopic (exact) mass is 1490 g/mol. The first-order valence-electron chi connectivity index (χ1n) is 45.8. The van der Waals surface area contributed by atoms with Crippen LogP contribution in [0.3, 0.4) is 0 Å². The minimum atomic E-state index is -2.20. The molecule has 6 heterocycles. The maximum absolute atomic E-state index is 8.87. The molecule has 15 rings (SSSR count). The zero-order valence-electron chi connectivity index (χ0n) is 81.8. The number of hydrogen-bond donors (Lipinski definition) is 0. The Morgan fingerprint density at radius 2 is 0.631 bits per heavy atom. The molecule has 576 valence electrons. The molecule has 0 radical (unpaired) electrons. The van der Waals surface area contributed by atoms with Gasteiger partial charge in [0.1, 0.15) is 42.3 Å². The molecule has 6 heteroatoms. The van der Waals surface area contributed by atoms with Crippen LogP contribution in [0.2, 0.25) is 0 Å². The van der Waals surface area contributed by atoms with Crippen molar-refractivity contribution in [1.29, 1.82) is 0 Å². The number of hydrogen-bond acceptors (Lipinski definition) is 0. The average Bonchev–Trinajstić information content (AvgIpc) is 1.36. The van der Waals surface area contributed by atoms with Gasteiger partial charge in [-0.05, 0) is 263 Å². The molecule has 6 nitrogen and oxygen atoms in total. The summed E-state index contributed by atoms with van der Waals surface area (Å²) in [5, 5.41) is 0. The topological polar surface area (TPSA) is 23.3 Å². The minimum Gasteiger partial charge on any atom is -0.201 e. The van der Waals surface area contributed by atoms with Crippen molar-refractivity contribution >= 4 is 0 Å². The number of pyridine rings is 6. The molecule has 0 amide bonds. The zero-order valence-corrected chi connectivity index (χ0v) is 70.8. The average molecular weight is 1490 g/mol. The fourth-order valence-corrected chi connectivity index (χ4v) is 16.7. The first-order chi connectivity index (χ1) is 57.4. The molecule has 0 spiro atoms. The van der Waals surface area contributed by atoms with Crippen LogP contribution in [0.4, 0.5) is 0 Å². The lowest BCUT2D eigenvalue weighted by Gasteiger charge is -2.14. The van der Waals surface area contributed by atoms with Gasteiger partial charge in [0, 0.05) is 139 Å². The summed E-state index contributed by atoms with van der Waals surface area (Å²) in [6.07, 6.45) is 19.6. The van der Waals surface area contributed by atoms with Crippen LogP contribution in [-0.2, 0) is 42.3 Å². The highest BCUT2D eigenvalue weighted by molar-refractivity contribution is 5.68. The van der Waals surface area contributed by atoms with Gasteiger partial charge in [-0.15, -0.1) is 0 Å². The van der Waals surface area contributed by atoms with E-state index < -0.39 is 26.4 Å². The molecule has 3 saturated carbocycles. The summed E-state index contributed by atoms with van der Waals surface area (Å²) in [6.45, 7) is 24.6. The minimum absolute atomic E-state index is 0.319. The Bertz CT molecular complexity index is 5720. The summed E-state index contributed by atoms with van der Waals surface area (Å²) in [4.78, 5) is 0. The number of benzene rings is 6. The Labute approximate surface area is 685 Å². The molecule has 0 aliphatic heterocycles. The Morgan fingerprint density at radius 1 is 0.279 bits per heavy atom. The molecule has 0 unspecified atom stereocenters. The Balaban J connectivity index is 0.000000154. The van der Waals surface area contributed by atoms with Crippen LogP contribution in [0.5, 0.6) is 0 Å². The summed E-state index contributed by atoms with van der Waals surface area (Å²) in [7, 11) is 12.1. The van der Waals surface area contributed by atoms with Crippen molar-refractivity contribution in [1.82, 2.24) is 0 Å². The zero-order chi connectivity index (χ0) is 89.4. The maximum Gasteiger partial charge on any atom is 0.215 e. The van der Waals surface area contributed by atoms with Crippen LogP contribution in [0.25, 0.3) is 67.5 Å². The van der Waals surface area contributed by atoms with Crippen LogP contribution in [0, 0.1) is 124 Å². The molecule has 0 N–H and O–H groups in total. The van der Waals surface area contributed by atoms with Crippen molar-refractivity contribution in [3.63, 3.8) is 0 Å². The maximum atomic E-state index is 8.87. The van der Waals surface area contributed by atoms with E-state index in [0.29, 0.717) is 22.3 Å². The third-order valence-corrected chi connectivity index (χ3v) is 23.9. The van der Waals surface area contributed by atoms with Gasteiger partial charge in [0.2, 0.25) is 34.2 Å². The second kappa shape index (κ2) is 38.0. The van der Waals surface area contributed by atoms with Crippen molar-refractivity contribution in [2.75, 3.05) is 0 Å². The third kappa shape index (κ3) is 19.8. The summed E-state index contributed by atoms with van der Waals surface area (Å²) in [5.41, 5.74) is 36.1. The molecule has 0 bridgehead atoms. The highest BCUT2D eigenvalue weighted by atomic mass is 15.0. The summed E-state index contributed by atoms with van der Waals surface area (Å²) in [5.74, 6) is -0.367. The fourth-order valence-electron chi connectivity index (χ4n) is 16.7. The van der Waals surface area contributed by atoms with Crippen molar-refractivity contribution in [2.24, 2.45) is 42.3 Å². The second-order valence-corrected chi connectivity index (χ2v) is 31.8. The standard InChI is InChI=1S/3C19H24N.C17H22N.C16H20N.C15H18N/c1-14-8-4-7-11-17(14)19-12-18(15(2)13-20(19)3)16-9-5-6-10-16;2*1-14-8-4-7-11-17(14)19-12-15(2)18(13-20(19)3)16-9-5-6-10-16;1-11-9-7-8-10-16(11)17-14(4)12(2)13(3)15(5)18(17)6;1-11-8-6-7-9-15(11)16-10-12(2)13(3)14(4)17(16)5;1-11-9-13(3)16(4)15(10-11)14-8-6-5-7-12(14)2/h3*4,7-8,11-13,16H,5-6,9-10H2,1-3H3;7-10H,1-6H3;6-10H,1-5H3;5-10H,1-4H3/q6*+1/i2D3,16D;16D;;2*3D3;. The molecule has 0 atom stereocenters. The van der Waals surface area contributed by atoms with E-state index in [-0.39, 0.29) is 5.89 Å². The van der Waals surface area contributed by atoms with Crippen LogP contribution in [0.15, 0.2) is 201 Å². The molecular weight excluding hydrogens is 1350 g/mol. The molecule has 12 aromatic rings. The number of rotatable bonds is 9. The van der Waals surface area contributed by atoms with E-state index in [2.05, 4.69) is 250 Å². The molecule has 3 aliphatic carbocycles. The summed E-state index contributed by atoms with van der Waals surface area (Å²) >= 11 is 0. The van der Waals surface area contributed by atoms with Gasteiger partial charge in [0.25, 0.3) is 0 Å². The van der Waals surface area contributed by atoms with Crippen molar-refractivity contribution < 1.29 is 42.5 Å². The van der Waals surface area contributed by atoms with Gasteiger partial charge in [0.15, 0.2) is 35.7 Å². The highest BCUT2D eigenvalue weighted by Crippen LogP contribution is 2.40. The molecule has 3 fully saturated rings. The van der Waals surface area contributed by atoms with E-state index in [4.69, 9.17) is 15.1 Å². The van der Waals surface area contributed by atoms with Crippen LogP contribution < -0.4 is 27.4 Å². The largest absolute Gasteiger partial charge is 0.215 e. The van der Waals surface area contributed by atoms with Gasteiger partial charge in [-0.2, -0.15) is 13.7 Å². The molecule has 111 heavy (non-hydrogen) atoms. The summed E-state index contributed by atoms with van der Waals surface area (Å²) in [6, 6.07) is 63.1. The normalized spacial score (nSPS) is 15.8. The van der Waals surface area contributed by atoms with E-state index >= 15 is 0 Å². The molecular formula is C105H132N6+6. The SMILES string of the molecule is Cc1cc(C)[n+](C)c(-c2ccccc2C)c1.Cc1ccccc1-c1cc(C)c(C2CCCC2)c[n+]1C.[2H]C([2H])([2H])c1c(C)c(C)c(-c2ccccc2C)[n+](C)c1C.[2H]C([2H])([2H])c1c(C)cc(-c2ccccc2C)[n+](C)c1C.[2H]C([2H])([2H])c1c[n+](C)c(-c2ccccc2C)cc1C1([2H])CCCC1.[2H]C1(c2c[n+](C)c(-c3ccccc3C)cc2C)CCCC1. The van der Waals surface area contributed by atoms with Crippen LogP contribution in [-0.4, -0.2) is 0 Å². The first-order valence-corrected chi connectivity index (χ1v) is 40.3. The van der Waals surface area contributed by atoms with E-state index in [9.17, 15) is 0 Å². The van der Waals surface area contributed by atoms with Gasteiger partial charge < -0.3 is 0 Å².